The summed E-state index contributed by atoms with van der Waals surface area (Å²) < 4.78 is 11.8. The van der Waals surface area contributed by atoms with Gasteiger partial charge in [-0.25, -0.2) is 0 Å². The highest BCUT2D eigenvalue weighted by molar-refractivity contribution is 8.26. The van der Waals surface area contributed by atoms with Crippen molar-refractivity contribution < 1.29 is 14.3 Å². The van der Waals surface area contributed by atoms with Crippen molar-refractivity contribution in [2.75, 3.05) is 13.7 Å². The van der Waals surface area contributed by atoms with E-state index in [0.29, 0.717) is 38.9 Å². The minimum atomic E-state index is -0.116. The van der Waals surface area contributed by atoms with Gasteiger partial charge in [-0.1, -0.05) is 59.9 Å². The number of methoxy groups -OCH3 is 1. The number of thioether (sulfide) groups is 1. The van der Waals surface area contributed by atoms with Crippen LogP contribution in [0, 0.1) is 0 Å². The van der Waals surface area contributed by atoms with E-state index < -0.39 is 0 Å². The molecule has 0 unspecified atom stereocenters. The second-order valence-electron chi connectivity index (χ2n) is 5.91. The first-order chi connectivity index (χ1) is 13.5. The fourth-order valence-corrected chi connectivity index (χ4v) is 4.11. The van der Waals surface area contributed by atoms with Gasteiger partial charge in [0.1, 0.15) is 10.9 Å². The van der Waals surface area contributed by atoms with Gasteiger partial charge in [-0.05, 0) is 41.5 Å². The molecule has 2 aromatic rings. The first-order valence-corrected chi connectivity index (χ1v) is 10.0. The maximum atomic E-state index is 12.5. The molecule has 0 atom stereocenters. The van der Waals surface area contributed by atoms with Crippen molar-refractivity contribution in [3.63, 3.8) is 0 Å². The van der Waals surface area contributed by atoms with E-state index in [0.717, 1.165) is 11.1 Å². The van der Waals surface area contributed by atoms with Crippen molar-refractivity contribution in [3.8, 4) is 11.5 Å². The number of thiocarbonyl (C=S) groups is 1. The first kappa shape index (κ1) is 20.5. The van der Waals surface area contributed by atoms with Gasteiger partial charge in [0.2, 0.25) is 0 Å². The molecule has 3 rings (SSSR count). The standard InChI is InChI=1S/C21H18ClNO3S2/c1-3-9-23-20(24)19(28-21(23)27)12-14-7-8-17(18(11-14)25-2)26-13-15-5-4-6-16(22)10-15/h3-8,10-12H,1,9,13H2,2H3/b19-12+. The summed E-state index contributed by atoms with van der Waals surface area (Å²) in [5.41, 5.74) is 1.79. The molecule has 0 aliphatic carbocycles. The van der Waals surface area contributed by atoms with Gasteiger partial charge in [0.25, 0.3) is 5.91 Å². The van der Waals surface area contributed by atoms with Gasteiger partial charge in [0.15, 0.2) is 11.5 Å². The summed E-state index contributed by atoms with van der Waals surface area (Å²) in [4.78, 5) is 14.6. The van der Waals surface area contributed by atoms with E-state index in [4.69, 9.17) is 33.3 Å². The van der Waals surface area contributed by atoms with Crippen LogP contribution in [0.25, 0.3) is 6.08 Å². The second-order valence-corrected chi connectivity index (χ2v) is 8.02. The number of benzene rings is 2. The van der Waals surface area contributed by atoms with Crippen LogP contribution in [0.4, 0.5) is 0 Å². The van der Waals surface area contributed by atoms with Gasteiger partial charge in [-0.3, -0.25) is 9.69 Å². The van der Waals surface area contributed by atoms with Crippen LogP contribution in [0.15, 0.2) is 60.0 Å². The minimum Gasteiger partial charge on any atom is -0.493 e. The number of halogens is 1. The molecule has 1 amide bonds. The summed E-state index contributed by atoms with van der Waals surface area (Å²) in [5, 5.41) is 0.664. The summed E-state index contributed by atoms with van der Waals surface area (Å²) >= 11 is 12.5. The van der Waals surface area contributed by atoms with Gasteiger partial charge in [0.05, 0.1) is 12.0 Å². The topological polar surface area (TPSA) is 38.8 Å². The van der Waals surface area contributed by atoms with E-state index in [1.807, 2.05) is 42.5 Å². The molecule has 28 heavy (non-hydrogen) atoms. The number of nitrogens with zero attached hydrogens (tertiary/aromatic N) is 1. The zero-order valence-corrected chi connectivity index (χ0v) is 17.6. The Morgan fingerprint density at radius 2 is 2.07 bits per heavy atom. The van der Waals surface area contributed by atoms with Crippen LogP contribution >= 0.6 is 35.6 Å². The highest BCUT2D eigenvalue weighted by Crippen LogP contribution is 2.35. The first-order valence-electron chi connectivity index (χ1n) is 8.43. The Balaban J connectivity index is 1.77. The smallest absolute Gasteiger partial charge is 0.266 e. The van der Waals surface area contributed by atoms with Gasteiger partial charge in [-0.15, -0.1) is 6.58 Å². The summed E-state index contributed by atoms with van der Waals surface area (Å²) in [7, 11) is 1.58. The highest BCUT2D eigenvalue weighted by atomic mass is 35.5. The van der Waals surface area contributed by atoms with Crippen LogP contribution in [0.2, 0.25) is 5.02 Å². The lowest BCUT2D eigenvalue weighted by Crippen LogP contribution is -2.27. The molecule has 4 nitrogen and oxygen atoms in total. The average molecular weight is 432 g/mol. The summed E-state index contributed by atoms with van der Waals surface area (Å²) in [6.07, 6.45) is 3.45. The number of hydrogen-bond acceptors (Lipinski definition) is 5. The molecule has 1 saturated heterocycles. The van der Waals surface area contributed by atoms with E-state index in [-0.39, 0.29) is 5.91 Å². The molecule has 144 valence electrons. The Bertz CT molecular complexity index is 958. The van der Waals surface area contributed by atoms with Gasteiger partial charge in [-0.2, -0.15) is 0 Å². The third kappa shape index (κ3) is 4.76. The molecule has 0 aromatic heterocycles. The Labute approximate surface area is 178 Å². The molecule has 0 saturated carbocycles. The zero-order chi connectivity index (χ0) is 20.1. The molecular formula is C21H18ClNO3S2. The molecule has 0 radical (unpaired) electrons. The van der Waals surface area contributed by atoms with Crippen LogP contribution < -0.4 is 9.47 Å². The number of carbonyl (C=O) groups is 1. The normalized spacial score (nSPS) is 15.2. The molecule has 1 fully saturated rings. The number of amides is 1. The number of rotatable bonds is 7. The molecule has 0 spiro atoms. The Hall–Kier alpha value is -2.28. The molecule has 0 N–H and O–H groups in total. The lowest BCUT2D eigenvalue weighted by molar-refractivity contribution is -0.121. The van der Waals surface area contributed by atoms with E-state index in [1.54, 1.807) is 19.3 Å². The summed E-state index contributed by atoms with van der Waals surface area (Å²) in [5.74, 6) is 1.08. The third-order valence-corrected chi connectivity index (χ3v) is 5.57. The Morgan fingerprint density at radius 1 is 1.25 bits per heavy atom. The molecule has 0 bridgehead atoms. The molecule has 1 aliphatic heterocycles. The van der Waals surface area contributed by atoms with E-state index in [2.05, 4.69) is 6.58 Å². The predicted octanol–water partition coefficient (Wildman–Crippen LogP) is 5.31. The van der Waals surface area contributed by atoms with E-state index >= 15 is 0 Å². The Kier molecular flexibility index (Phi) is 6.78. The largest absolute Gasteiger partial charge is 0.493 e. The maximum absolute atomic E-state index is 12.5. The van der Waals surface area contributed by atoms with Crippen molar-refractivity contribution in [2.45, 2.75) is 6.61 Å². The highest BCUT2D eigenvalue weighted by Gasteiger charge is 2.30. The van der Waals surface area contributed by atoms with Crippen LogP contribution in [-0.2, 0) is 11.4 Å². The van der Waals surface area contributed by atoms with Crippen LogP contribution in [0.1, 0.15) is 11.1 Å². The van der Waals surface area contributed by atoms with Crippen molar-refractivity contribution in [2.24, 2.45) is 0 Å². The Morgan fingerprint density at radius 3 is 2.79 bits per heavy atom. The second kappa shape index (κ2) is 9.28. The average Bonchev–Trinajstić information content (AvgIpc) is 2.94. The maximum Gasteiger partial charge on any atom is 0.266 e. The van der Waals surface area contributed by atoms with Crippen LogP contribution in [0.5, 0.6) is 11.5 Å². The van der Waals surface area contributed by atoms with Crippen molar-refractivity contribution in [3.05, 3.63) is 76.2 Å². The molecule has 2 aromatic carbocycles. The van der Waals surface area contributed by atoms with Gasteiger partial charge >= 0.3 is 0 Å². The molecule has 7 heteroatoms. The SMILES string of the molecule is C=CCN1C(=O)/C(=C\c2ccc(OCc3cccc(Cl)c3)c(OC)c2)SC1=S. The van der Waals surface area contributed by atoms with Crippen molar-refractivity contribution in [1.82, 2.24) is 4.90 Å². The quantitative estimate of drug-likeness (QED) is 0.337. The van der Waals surface area contributed by atoms with E-state index in [1.165, 1.54) is 16.7 Å². The lowest BCUT2D eigenvalue weighted by atomic mass is 10.1. The number of ether oxygens (including phenoxy) is 2. The fraction of sp³-hybridized carbons (Fsp3) is 0.143. The monoisotopic (exact) mass is 431 g/mol. The lowest BCUT2D eigenvalue weighted by Gasteiger charge is -2.12. The predicted molar refractivity (Wildman–Crippen MR) is 119 cm³/mol. The summed E-state index contributed by atoms with van der Waals surface area (Å²) in [6.45, 7) is 4.43. The number of carbonyl (C=O) groups excluding carboxylic acids is 1. The van der Waals surface area contributed by atoms with Crippen molar-refractivity contribution >= 4 is 51.9 Å². The third-order valence-electron chi connectivity index (χ3n) is 3.95. The molecule has 1 aliphatic rings. The van der Waals surface area contributed by atoms with E-state index in [9.17, 15) is 4.79 Å². The zero-order valence-electron chi connectivity index (χ0n) is 15.2. The molecular weight excluding hydrogens is 414 g/mol. The van der Waals surface area contributed by atoms with Gasteiger partial charge in [0, 0.05) is 11.6 Å². The molecule has 1 heterocycles. The van der Waals surface area contributed by atoms with Crippen LogP contribution in [-0.4, -0.2) is 28.8 Å². The van der Waals surface area contributed by atoms with Crippen LogP contribution in [0.3, 0.4) is 0 Å². The summed E-state index contributed by atoms with van der Waals surface area (Å²) in [6, 6.07) is 13.0. The number of hydrogen-bond donors (Lipinski definition) is 0. The van der Waals surface area contributed by atoms with Gasteiger partial charge < -0.3 is 9.47 Å². The minimum absolute atomic E-state index is 0.116. The van der Waals surface area contributed by atoms with Crippen molar-refractivity contribution in [1.29, 1.82) is 0 Å². The fourth-order valence-electron chi connectivity index (χ4n) is 2.62.